The highest BCUT2D eigenvalue weighted by atomic mass is 32.2. The molecule has 0 aliphatic carbocycles. The van der Waals surface area contributed by atoms with Crippen molar-refractivity contribution in [2.24, 2.45) is 0 Å². The first-order valence-electron chi connectivity index (χ1n) is 7.43. The fourth-order valence-corrected chi connectivity index (χ4v) is 2.81. The Bertz CT molecular complexity index is 727. The molecule has 124 valence electrons. The van der Waals surface area contributed by atoms with E-state index in [4.69, 9.17) is 4.18 Å². The summed E-state index contributed by atoms with van der Waals surface area (Å²) < 4.78 is 42.1. The molecule has 0 unspecified atom stereocenters. The van der Waals surface area contributed by atoms with Crippen LogP contribution in [0, 0.1) is 5.82 Å². The first kappa shape index (κ1) is 17.4. The van der Waals surface area contributed by atoms with E-state index in [1.54, 1.807) is 12.1 Å². The van der Waals surface area contributed by atoms with Crippen LogP contribution in [0.15, 0.2) is 53.4 Å². The molecule has 0 saturated heterocycles. The van der Waals surface area contributed by atoms with Gasteiger partial charge in [0.25, 0.3) is 0 Å². The fourth-order valence-electron chi connectivity index (χ4n) is 1.88. The van der Waals surface area contributed by atoms with Gasteiger partial charge in [-0.3, -0.25) is 0 Å². The van der Waals surface area contributed by atoms with Crippen molar-refractivity contribution in [1.29, 1.82) is 0 Å². The van der Waals surface area contributed by atoms with Crippen molar-refractivity contribution in [2.45, 2.75) is 37.8 Å². The van der Waals surface area contributed by atoms with Crippen molar-refractivity contribution in [2.75, 3.05) is 0 Å². The van der Waals surface area contributed by atoms with Crippen LogP contribution < -0.4 is 9.50 Å². The van der Waals surface area contributed by atoms with Gasteiger partial charge in [-0.25, -0.2) is 4.39 Å². The summed E-state index contributed by atoms with van der Waals surface area (Å²) >= 11 is 0. The lowest BCUT2D eigenvalue weighted by Gasteiger charge is -2.12. The van der Waals surface area contributed by atoms with Crippen LogP contribution >= 0.6 is 0 Å². The van der Waals surface area contributed by atoms with Gasteiger partial charge in [0.15, 0.2) is 0 Å². The average Bonchev–Trinajstić information content (AvgIpc) is 2.54. The van der Waals surface area contributed by atoms with E-state index < -0.39 is 15.9 Å². The summed E-state index contributed by atoms with van der Waals surface area (Å²) in [5.74, 6) is -0.274. The summed E-state index contributed by atoms with van der Waals surface area (Å²) in [6.07, 6.45) is 1.04. The molecule has 0 bridgehead atoms. The summed E-state index contributed by atoms with van der Waals surface area (Å²) in [6, 6.07) is 11.8. The molecule has 1 N–H and O–H groups in total. The Balaban J connectivity index is 2.04. The first-order valence-corrected chi connectivity index (χ1v) is 8.84. The fraction of sp³-hybridized carbons (Fsp3) is 0.294. The summed E-state index contributed by atoms with van der Waals surface area (Å²) in [7, 11) is -3.95. The number of nitrogens with one attached hydrogen (secondary N) is 1. The van der Waals surface area contributed by atoms with E-state index in [9.17, 15) is 12.8 Å². The second-order valence-corrected chi connectivity index (χ2v) is 6.87. The van der Waals surface area contributed by atoms with Gasteiger partial charge in [0, 0.05) is 12.6 Å². The minimum absolute atomic E-state index is 0.0820. The van der Waals surface area contributed by atoms with E-state index >= 15 is 0 Å². The van der Waals surface area contributed by atoms with Gasteiger partial charge >= 0.3 is 10.1 Å². The summed E-state index contributed by atoms with van der Waals surface area (Å²) in [6.45, 7) is 4.92. The maximum Gasteiger partial charge on any atom is 0.339 e. The molecule has 0 fully saturated rings. The zero-order valence-electron chi connectivity index (χ0n) is 13.1. The normalized spacial score (nSPS) is 12.8. The molecule has 0 aliphatic heterocycles. The van der Waals surface area contributed by atoms with Crippen molar-refractivity contribution in [3.05, 3.63) is 59.9 Å². The molecule has 6 heteroatoms. The van der Waals surface area contributed by atoms with Crippen LogP contribution in [0.3, 0.4) is 0 Å². The molecule has 0 spiro atoms. The lowest BCUT2D eigenvalue weighted by Crippen LogP contribution is -2.24. The molecule has 2 aromatic rings. The van der Waals surface area contributed by atoms with Crippen molar-refractivity contribution in [3.63, 3.8) is 0 Å². The minimum atomic E-state index is -3.95. The Morgan fingerprint density at radius 1 is 1.09 bits per heavy atom. The average molecular weight is 337 g/mol. The molecule has 0 heterocycles. The van der Waals surface area contributed by atoms with Crippen molar-refractivity contribution >= 4 is 10.1 Å². The number of benzene rings is 2. The second kappa shape index (κ2) is 7.57. The van der Waals surface area contributed by atoms with Gasteiger partial charge in [-0.1, -0.05) is 19.1 Å². The Hall–Kier alpha value is -1.92. The van der Waals surface area contributed by atoms with Crippen molar-refractivity contribution in [3.8, 4) is 5.75 Å². The van der Waals surface area contributed by atoms with E-state index in [1.807, 2.05) is 12.1 Å². The third-order valence-electron chi connectivity index (χ3n) is 3.50. The number of hydrogen-bond acceptors (Lipinski definition) is 4. The van der Waals surface area contributed by atoms with E-state index in [-0.39, 0.29) is 10.6 Å². The van der Waals surface area contributed by atoms with E-state index in [2.05, 4.69) is 19.2 Å². The van der Waals surface area contributed by atoms with Crippen LogP contribution in [0.5, 0.6) is 5.75 Å². The van der Waals surface area contributed by atoms with Crippen LogP contribution in [0.4, 0.5) is 4.39 Å². The summed E-state index contributed by atoms with van der Waals surface area (Å²) in [5.41, 5.74) is 1.04. The quantitative estimate of drug-likeness (QED) is 0.786. The number of rotatable bonds is 7. The lowest BCUT2D eigenvalue weighted by atomic mass is 10.2. The van der Waals surface area contributed by atoms with Crippen LogP contribution in [-0.2, 0) is 16.7 Å². The van der Waals surface area contributed by atoms with Crippen LogP contribution in [-0.4, -0.2) is 14.5 Å². The van der Waals surface area contributed by atoms with Gasteiger partial charge in [0.05, 0.1) is 0 Å². The predicted octanol–water partition coefficient (Wildman–Crippen LogP) is 3.48. The Kier molecular flexibility index (Phi) is 5.74. The standard InChI is InChI=1S/C17H20FNO3S/c1-3-13(2)19-12-14-4-8-16(9-5-14)22-23(20,21)17-10-6-15(18)7-11-17/h4-11,13,19H,3,12H2,1-2H3/t13-/m1/s1. The van der Waals surface area contributed by atoms with Gasteiger partial charge in [0.1, 0.15) is 16.5 Å². The van der Waals surface area contributed by atoms with E-state index in [0.717, 1.165) is 24.1 Å². The molecule has 4 nitrogen and oxygen atoms in total. The number of halogens is 1. The van der Waals surface area contributed by atoms with Gasteiger partial charge in [-0.2, -0.15) is 8.42 Å². The molecule has 0 aromatic heterocycles. The molecule has 2 aromatic carbocycles. The highest BCUT2D eigenvalue weighted by Gasteiger charge is 2.16. The zero-order chi connectivity index (χ0) is 16.9. The third-order valence-corrected chi connectivity index (χ3v) is 4.76. The SMILES string of the molecule is CC[C@@H](C)NCc1ccc(OS(=O)(=O)c2ccc(F)cc2)cc1. The Labute approximate surface area is 136 Å². The highest BCUT2D eigenvalue weighted by molar-refractivity contribution is 7.87. The van der Waals surface area contributed by atoms with Crippen molar-refractivity contribution in [1.82, 2.24) is 5.32 Å². The van der Waals surface area contributed by atoms with Crippen LogP contribution in [0.1, 0.15) is 25.8 Å². The van der Waals surface area contributed by atoms with E-state index in [1.165, 1.54) is 12.1 Å². The van der Waals surface area contributed by atoms with Gasteiger partial charge < -0.3 is 9.50 Å². The zero-order valence-corrected chi connectivity index (χ0v) is 13.9. The molecule has 23 heavy (non-hydrogen) atoms. The molecule has 0 saturated carbocycles. The third kappa shape index (κ3) is 5.04. The minimum Gasteiger partial charge on any atom is -0.379 e. The maximum atomic E-state index is 12.9. The Morgan fingerprint density at radius 3 is 2.26 bits per heavy atom. The molecule has 2 rings (SSSR count). The molecular weight excluding hydrogens is 317 g/mol. The summed E-state index contributed by atoms with van der Waals surface area (Å²) in [4.78, 5) is -0.0820. The lowest BCUT2D eigenvalue weighted by molar-refractivity contribution is 0.485. The maximum absolute atomic E-state index is 12.9. The first-order chi connectivity index (χ1) is 10.9. The number of hydrogen-bond donors (Lipinski definition) is 1. The largest absolute Gasteiger partial charge is 0.379 e. The van der Waals surface area contributed by atoms with Crippen LogP contribution in [0.2, 0.25) is 0 Å². The smallest absolute Gasteiger partial charge is 0.339 e. The molecule has 0 aliphatic rings. The monoisotopic (exact) mass is 337 g/mol. The van der Waals surface area contributed by atoms with E-state index in [0.29, 0.717) is 12.6 Å². The molecule has 0 radical (unpaired) electrons. The van der Waals surface area contributed by atoms with Gasteiger partial charge in [-0.15, -0.1) is 0 Å². The molecule has 0 amide bonds. The summed E-state index contributed by atoms with van der Waals surface area (Å²) in [5, 5.41) is 3.35. The predicted molar refractivity (Wildman–Crippen MR) is 87.2 cm³/mol. The topological polar surface area (TPSA) is 55.4 Å². The van der Waals surface area contributed by atoms with Gasteiger partial charge in [-0.05, 0) is 55.3 Å². The van der Waals surface area contributed by atoms with Crippen LogP contribution in [0.25, 0.3) is 0 Å². The van der Waals surface area contributed by atoms with Gasteiger partial charge in [0.2, 0.25) is 0 Å². The Morgan fingerprint density at radius 2 is 1.70 bits per heavy atom. The molecular formula is C17H20FNO3S. The molecule has 1 atom stereocenters. The highest BCUT2D eigenvalue weighted by Crippen LogP contribution is 2.19. The second-order valence-electron chi connectivity index (χ2n) is 5.33. The van der Waals surface area contributed by atoms with Crippen molar-refractivity contribution < 1.29 is 17.0 Å².